The molecule has 0 bridgehead atoms. The Kier molecular flexibility index (Phi) is 8.17. The molecule has 3 aromatic heterocycles. The Balaban J connectivity index is 1.33. The van der Waals surface area contributed by atoms with E-state index in [-0.39, 0.29) is 0 Å². The van der Waals surface area contributed by atoms with Gasteiger partial charge in [-0.05, 0) is 54.4 Å². The van der Waals surface area contributed by atoms with Gasteiger partial charge < -0.3 is 24.3 Å². The first kappa shape index (κ1) is 28.4. The summed E-state index contributed by atoms with van der Waals surface area (Å²) >= 11 is 0. The summed E-state index contributed by atoms with van der Waals surface area (Å²) in [4.78, 5) is 18.6. The third-order valence-corrected chi connectivity index (χ3v) is 6.89. The van der Waals surface area contributed by atoms with E-state index in [9.17, 15) is 0 Å². The van der Waals surface area contributed by atoms with Crippen molar-refractivity contribution in [3.8, 4) is 34.8 Å². The molecule has 11 heteroatoms. The van der Waals surface area contributed by atoms with Crippen molar-refractivity contribution in [1.82, 2.24) is 29.7 Å². The Hall–Kier alpha value is -5.71. The van der Waals surface area contributed by atoms with Crippen LogP contribution in [0.5, 0.6) is 29.0 Å². The van der Waals surface area contributed by atoms with Crippen LogP contribution in [-0.4, -0.2) is 51.0 Å². The first-order chi connectivity index (χ1) is 21.5. The second-order valence-corrected chi connectivity index (χ2v) is 9.89. The molecule has 6 rings (SSSR count). The highest BCUT2D eigenvalue weighted by Gasteiger charge is 2.17. The average Bonchev–Trinajstić information content (AvgIpc) is 3.46. The third-order valence-electron chi connectivity index (χ3n) is 6.89. The van der Waals surface area contributed by atoms with Gasteiger partial charge in [-0.2, -0.15) is 14.6 Å². The molecule has 3 aromatic carbocycles. The van der Waals surface area contributed by atoms with Crippen LogP contribution in [0.3, 0.4) is 0 Å². The Bertz CT molecular complexity index is 1910. The topological polar surface area (TPSA) is 118 Å². The molecular formula is C33H31N7O4. The lowest BCUT2D eigenvalue weighted by atomic mass is 10.1. The molecule has 0 radical (unpaired) electrons. The fraction of sp³-hybridized carbons (Fsp3) is 0.182. The molecule has 222 valence electrons. The number of fused-ring (bicyclic) bond motifs is 1. The first-order valence-corrected chi connectivity index (χ1v) is 13.9. The lowest BCUT2D eigenvalue weighted by Gasteiger charge is -2.11. The molecule has 0 atom stereocenters. The summed E-state index contributed by atoms with van der Waals surface area (Å²) in [6.45, 7) is 2.33. The van der Waals surface area contributed by atoms with E-state index in [2.05, 4.69) is 20.3 Å². The molecule has 0 aliphatic heterocycles. The number of anilines is 1. The molecule has 44 heavy (non-hydrogen) atoms. The lowest BCUT2D eigenvalue weighted by molar-refractivity contribution is 0.354. The number of hydrogen-bond donors (Lipinski definition) is 1. The predicted octanol–water partition coefficient (Wildman–Crippen LogP) is 5.93. The van der Waals surface area contributed by atoms with E-state index in [1.54, 1.807) is 39.0 Å². The van der Waals surface area contributed by atoms with Crippen molar-refractivity contribution < 1.29 is 18.9 Å². The van der Waals surface area contributed by atoms with Crippen LogP contribution in [0, 0.1) is 6.92 Å². The molecule has 3 heterocycles. The fourth-order valence-corrected chi connectivity index (χ4v) is 4.71. The van der Waals surface area contributed by atoms with E-state index in [4.69, 9.17) is 29.0 Å². The standard InChI is InChI=1S/C33H31N7O4/c1-21-35-30(19-32(36-21)44-31-16-12-24-7-5-6-8-26(24)37-31)40-29(18-23-11-15-27(42-3)28(17-23)43-4)38-33(39-40)34-20-22-9-13-25(41-2)14-10-22/h5-17,19H,18,20H2,1-4H3,(H,34,39). The number of hydrogen-bond acceptors (Lipinski definition) is 10. The van der Waals surface area contributed by atoms with Crippen molar-refractivity contribution in [3.63, 3.8) is 0 Å². The number of pyridine rings is 1. The lowest BCUT2D eigenvalue weighted by Crippen LogP contribution is -2.08. The second-order valence-electron chi connectivity index (χ2n) is 9.89. The van der Waals surface area contributed by atoms with Crippen LogP contribution < -0.4 is 24.3 Å². The minimum absolute atomic E-state index is 0.343. The highest BCUT2D eigenvalue weighted by molar-refractivity contribution is 5.78. The number of para-hydroxylation sites is 1. The van der Waals surface area contributed by atoms with Crippen molar-refractivity contribution in [3.05, 3.63) is 108 Å². The van der Waals surface area contributed by atoms with Gasteiger partial charge in [-0.3, -0.25) is 0 Å². The van der Waals surface area contributed by atoms with Crippen molar-refractivity contribution in [2.75, 3.05) is 26.6 Å². The van der Waals surface area contributed by atoms with Gasteiger partial charge in [0, 0.05) is 30.5 Å². The molecule has 0 saturated heterocycles. The Labute approximate surface area is 254 Å². The van der Waals surface area contributed by atoms with Crippen LogP contribution >= 0.6 is 0 Å². The van der Waals surface area contributed by atoms with Crippen molar-refractivity contribution in [1.29, 1.82) is 0 Å². The number of rotatable bonds is 11. The molecule has 0 spiro atoms. The molecule has 11 nitrogen and oxygen atoms in total. The summed E-state index contributed by atoms with van der Waals surface area (Å²) in [6, 6.07) is 26.9. The SMILES string of the molecule is COc1ccc(CNc2nc(Cc3ccc(OC)c(OC)c3)n(-c3cc(Oc4ccc5ccccc5n4)nc(C)n3)n2)cc1. The Morgan fingerprint density at radius 2 is 1.50 bits per heavy atom. The van der Waals surface area contributed by atoms with Crippen LogP contribution in [0.2, 0.25) is 0 Å². The predicted molar refractivity (Wildman–Crippen MR) is 166 cm³/mol. The van der Waals surface area contributed by atoms with Gasteiger partial charge in [0.2, 0.25) is 17.7 Å². The summed E-state index contributed by atoms with van der Waals surface area (Å²) in [5.74, 6) is 4.97. The number of ether oxygens (including phenoxy) is 4. The Morgan fingerprint density at radius 1 is 0.705 bits per heavy atom. The van der Waals surface area contributed by atoms with E-state index in [1.165, 1.54) is 0 Å². The van der Waals surface area contributed by atoms with E-state index >= 15 is 0 Å². The van der Waals surface area contributed by atoms with Crippen LogP contribution in [0.15, 0.2) is 84.9 Å². The zero-order valence-electron chi connectivity index (χ0n) is 24.8. The van der Waals surface area contributed by atoms with Gasteiger partial charge in [-0.25, -0.2) is 9.97 Å². The minimum atomic E-state index is 0.343. The number of aryl methyl sites for hydroxylation is 1. The quantitative estimate of drug-likeness (QED) is 0.195. The molecule has 0 aliphatic rings. The zero-order valence-corrected chi connectivity index (χ0v) is 24.8. The molecule has 0 aliphatic carbocycles. The van der Waals surface area contributed by atoms with Gasteiger partial charge in [0.25, 0.3) is 0 Å². The minimum Gasteiger partial charge on any atom is -0.497 e. The molecule has 1 N–H and O–H groups in total. The van der Waals surface area contributed by atoms with Crippen LogP contribution in [0.4, 0.5) is 5.95 Å². The average molecular weight is 590 g/mol. The molecule has 0 unspecified atom stereocenters. The molecule has 0 amide bonds. The van der Waals surface area contributed by atoms with Crippen LogP contribution in [0.1, 0.15) is 22.8 Å². The van der Waals surface area contributed by atoms with Crippen LogP contribution in [0.25, 0.3) is 16.7 Å². The van der Waals surface area contributed by atoms with E-state index in [0.717, 1.165) is 27.8 Å². The van der Waals surface area contributed by atoms with Gasteiger partial charge in [0.05, 0.1) is 26.8 Å². The maximum Gasteiger partial charge on any atom is 0.243 e. The summed E-state index contributed by atoms with van der Waals surface area (Å²) in [7, 11) is 4.87. The number of methoxy groups -OCH3 is 3. The third kappa shape index (κ3) is 6.36. The normalized spacial score (nSPS) is 10.9. The summed E-state index contributed by atoms with van der Waals surface area (Å²) in [6.07, 6.45) is 0.447. The van der Waals surface area contributed by atoms with Crippen LogP contribution in [-0.2, 0) is 13.0 Å². The maximum atomic E-state index is 6.09. The highest BCUT2D eigenvalue weighted by atomic mass is 16.5. The highest BCUT2D eigenvalue weighted by Crippen LogP contribution is 2.29. The van der Waals surface area contributed by atoms with E-state index in [1.807, 2.05) is 78.9 Å². The molecule has 0 fully saturated rings. The van der Waals surface area contributed by atoms with Crippen molar-refractivity contribution in [2.45, 2.75) is 19.9 Å². The van der Waals surface area contributed by atoms with Gasteiger partial charge in [-0.1, -0.05) is 36.4 Å². The van der Waals surface area contributed by atoms with Gasteiger partial charge >= 0.3 is 0 Å². The molecule has 0 saturated carbocycles. The summed E-state index contributed by atoms with van der Waals surface area (Å²) in [5.41, 5.74) is 2.85. The molecule has 6 aromatic rings. The van der Waals surface area contributed by atoms with E-state index in [0.29, 0.717) is 59.6 Å². The smallest absolute Gasteiger partial charge is 0.243 e. The fourth-order valence-electron chi connectivity index (χ4n) is 4.71. The van der Waals surface area contributed by atoms with Gasteiger partial charge in [0.1, 0.15) is 17.4 Å². The van der Waals surface area contributed by atoms with Crippen molar-refractivity contribution >= 4 is 16.9 Å². The maximum absolute atomic E-state index is 6.09. The molecular weight excluding hydrogens is 558 g/mol. The van der Waals surface area contributed by atoms with Gasteiger partial charge in [0.15, 0.2) is 17.3 Å². The summed E-state index contributed by atoms with van der Waals surface area (Å²) in [5, 5.41) is 9.14. The number of aromatic nitrogens is 6. The number of nitrogens with one attached hydrogen (secondary N) is 1. The zero-order chi connectivity index (χ0) is 30.5. The summed E-state index contributed by atoms with van der Waals surface area (Å²) < 4.78 is 24.0. The number of benzene rings is 3. The van der Waals surface area contributed by atoms with Gasteiger partial charge in [-0.15, -0.1) is 5.10 Å². The number of nitrogens with zero attached hydrogens (tertiary/aromatic N) is 6. The van der Waals surface area contributed by atoms with Crippen molar-refractivity contribution in [2.24, 2.45) is 0 Å². The first-order valence-electron chi connectivity index (χ1n) is 13.9. The Morgan fingerprint density at radius 3 is 2.30 bits per heavy atom. The van der Waals surface area contributed by atoms with E-state index < -0.39 is 0 Å². The monoisotopic (exact) mass is 589 g/mol. The second kappa shape index (κ2) is 12.7. The largest absolute Gasteiger partial charge is 0.497 e.